The summed E-state index contributed by atoms with van der Waals surface area (Å²) in [5, 5.41) is 0. The van der Waals surface area contributed by atoms with Gasteiger partial charge in [-0.3, -0.25) is 0 Å². The van der Waals surface area contributed by atoms with Crippen LogP contribution in [0.5, 0.6) is 0 Å². The molecule has 1 fully saturated rings. The Hall–Kier alpha value is -0.820. The van der Waals surface area contributed by atoms with Crippen LogP contribution < -0.4 is 0 Å². The third-order valence-corrected chi connectivity index (χ3v) is 6.75. The third kappa shape index (κ3) is 3.75. The van der Waals surface area contributed by atoms with E-state index in [1.807, 2.05) is 25.7 Å². The number of nitrogens with zero attached hydrogens (tertiary/aromatic N) is 1. The van der Waals surface area contributed by atoms with Gasteiger partial charge in [-0.2, -0.15) is 0 Å². The summed E-state index contributed by atoms with van der Waals surface area (Å²) in [7, 11) is 1.69. The number of hydrogen-bond donors (Lipinski definition) is 0. The Bertz CT molecular complexity index is 684. The minimum atomic E-state index is -0.489. The smallest absolute Gasteiger partial charge is 0.410 e. The van der Waals surface area contributed by atoms with Crippen molar-refractivity contribution in [3.8, 4) is 0 Å². The maximum Gasteiger partial charge on any atom is 0.410 e. The number of piperidine rings is 1. The van der Waals surface area contributed by atoms with E-state index in [9.17, 15) is 4.79 Å². The van der Waals surface area contributed by atoms with Crippen LogP contribution in [0.25, 0.3) is 0 Å². The quantitative estimate of drug-likeness (QED) is 0.718. The van der Waals surface area contributed by atoms with E-state index in [1.165, 1.54) is 10.4 Å². The van der Waals surface area contributed by atoms with Crippen molar-refractivity contribution in [3.05, 3.63) is 20.3 Å². The minimum Gasteiger partial charge on any atom is -0.444 e. The number of amides is 1. The molecule has 0 saturated carbocycles. The second kappa shape index (κ2) is 7.30. The molecule has 2 aliphatic heterocycles. The first-order chi connectivity index (χ1) is 12.2. The molecule has 146 valence electrons. The molecule has 2 aliphatic rings. The molecule has 1 aromatic heterocycles. The van der Waals surface area contributed by atoms with Crippen LogP contribution in [0, 0.1) is 0 Å². The average Bonchev–Trinajstić information content (AvgIpc) is 2.84. The maximum atomic E-state index is 12.5. The predicted molar refractivity (Wildman–Crippen MR) is 103 cm³/mol. The van der Waals surface area contributed by atoms with Crippen LogP contribution >= 0.6 is 22.9 Å². The van der Waals surface area contributed by atoms with Crippen molar-refractivity contribution < 1.29 is 19.0 Å². The molecule has 3 rings (SSSR count). The van der Waals surface area contributed by atoms with Crippen LogP contribution in [-0.4, -0.2) is 42.9 Å². The lowest BCUT2D eigenvalue weighted by Gasteiger charge is -2.47. The van der Waals surface area contributed by atoms with Crippen molar-refractivity contribution in [2.75, 3.05) is 20.3 Å². The van der Waals surface area contributed by atoms with E-state index < -0.39 is 5.60 Å². The maximum absolute atomic E-state index is 12.5. The molecule has 0 radical (unpaired) electrons. The third-order valence-electron chi connectivity index (χ3n) is 5.04. The first-order valence-electron chi connectivity index (χ1n) is 9.10. The summed E-state index contributed by atoms with van der Waals surface area (Å²) in [6, 6.07) is 0.0382. The number of thiophene rings is 1. The molecule has 5 nitrogen and oxygen atoms in total. The van der Waals surface area contributed by atoms with E-state index in [4.69, 9.17) is 25.8 Å². The second-order valence-electron chi connectivity index (χ2n) is 8.16. The number of likely N-dealkylation sites (tertiary alicyclic amines) is 1. The molecular weight excluding hydrogens is 374 g/mol. The Labute approximate surface area is 164 Å². The summed E-state index contributed by atoms with van der Waals surface area (Å²) in [5.41, 5.74) is 1.54. The summed E-state index contributed by atoms with van der Waals surface area (Å²) < 4.78 is 18.0. The van der Waals surface area contributed by atoms with Crippen LogP contribution in [-0.2, 0) is 32.8 Å². The zero-order valence-electron chi connectivity index (χ0n) is 16.2. The molecule has 0 aliphatic carbocycles. The van der Waals surface area contributed by atoms with E-state index in [0.717, 1.165) is 29.2 Å². The zero-order valence-corrected chi connectivity index (χ0v) is 17.8. The van der Waals surface area contributed by atoms with Gasteiger partial charge in [0.05, 0.1) is 17.6 Å². The number of fused-ring (bicyclic) bond motifs is 2. The molecule has 0 aromatic carbocycles. The highest BCUT2D eigenvalue weighted by Gasteiger charge is 2.47. The normalized spacial score (nSPS) is 26.1. The molecule has 1 amide bonds. The van der Waals surface area contributed by atoms with Gasteiger partial charge in [0, 0.05) is 36.6 Å². The number of carbonyl (C=O) groups excluding carboxylic acids is 1. The molecule has 26 heavy (non-hydrogen) atoms. The molecule has 0 unspecified atom stereocenters. The molecule has 0 bridgehead atoms. The average molecular weight is 402 g/mol. The van der Waals surface area contributed by atoms with E-state index in [2.05, 4.69) is 6.92 Å². The topological polar surface area (TPSA) is 48.0 Å². The first-order valence-corrected chi connectivity index (χ1v) is 10.3. The van der Waals surface area contributed by atoms with Crippen molar-refractivity contribution in [1.29, 1.82) is 0 Å². The van der Waals surface area contributed by atoms with Crippen molar-refractivity contribution in [1.82, 2.24) is 4.90 Å². The number of hydrogen-bond acceptors (Lipinski definition) is 5. The van der Waals surface area contributed by atoms with Gasteiger partial charge in [0.25, 0.3) is 0 Å². The van der Waals surface area contributed by atoms with Crippen LogP contribution in [0.2, 0.25) is 4.34 Å². The standard InChI is InChI=1S/C19H28ClNO4S/c1-12-10-19(7-8-21(12)17(22)25-18(2,3)4)15-13(6-9-24-19)14(11-23-5)16(20)26-15/h12H,6-11H2,1-5H3/t12-,19+/m0/s1. The molecular formula is C19H28ClNO4S. The highest BCUT2D eigenvalue weighted by molar-refractivity contribution is 7.16. The fourth-order valence-corrected chi connectivity index (χ4v) is 5.61. The van der Waals surface area contributed by atoms with Gasteiger partial charge in [-0.25, -0.2) is 4.79 Å². The van der Waals surface area contributed by atoms with E-state index in [-0.39, 0.29) is 17.7 Å². The van der Waals surface area contributed by atoms with Gasteiger partial charge < -0.3 is 19.1 Å². The molecule has 2 atom stereocenters. The van der Waals surface area contributed by atoms with Crippen LogP contribution in [0.15, 0.2) is 0 Å². The Balaban J connectivity index is 1.83. The van der Waals surface area contributed by atoms with E-state index in [1.54, 1.807) is 18.4 Å². The second-order valence-corrected chi connectivity index (χ2v) is 9.79. The Morgan fingerprint density at radius 1 is 1.46 bits per heavy atom. The summed E-state index contributed by atoms with van der Waals surface area (Å²) >= 11 is 8.11. The summed E-state index contributed by atoms with van der Waals surface area (Å²) in [5.74, 6) is 0. The number of halogens is 1. The zero-order chi connectivity index (χ0) is 19.1. The lowest BCUT2D eigenvalue weighted by Crippen LogP contribution is -2.53. The molecule has 1 spiro atoms. The predicted octanol–water partition coefficient (Wildman–Crippen LogP) is 4.74. The molecule has 1 saturated heterocycles. The summed E-state index contributed by atoms with van der Waals surface area (Å²) in [6.07, 6.45) is 2.12. The SMILES string of the molecule is COCc1c(Cl)sc2c1CCO[C@@]21CCN(C(=O)OC(C)(C)C)[C@@H](C)C1. The van der Waals surface area contributed by atoms with Crippen molar-refractivity contribution in [2.45, 2.75) is 70.8 Å². The van der Waals surface area contributed by atoms with Gasteiger partial charge in [0.2, 0.25) is 0 Å². The lowest BCUT2D eigenvalue weighted by molar-refractivity contribution is -0.108. The van der Waals surface area contributed by atoms with Gasteiger partial charge in [-0.15, -0.1) is 11.3 Å². The van der Waals surface area contributed by atoms with Gasteiger partial charge in [-0.1, -0.05) is 11.6 Å². The molecule has 1 aromatic rings. The monoisotopic (exact) mass is 401 g/mol. The summed E-state index contributed by atoms with van der Waals surface area (Å²) in [6.45, 7) is 9.56. The summed E-state index contributed by atoms with van der Waals surface area (Å²) in [4.78, 5) is 15.6. The fourth-order valence-electron chi connectivity index (χ4n) is 3.94. The highest BCUT2D eigenvalue weighted by Crippen LogP contribution is 2.50. The van der Waals surface area contributed by atoms with E-state index in [0.29, 0.717) is 19.8 Å². The number of ether oxygens (including phenoxy) is 3. The van der Waals surface area contributed by atoms with Crippen LogP contribution in [0.4, 0.5) is 4.79 Å². The number of methoxy groups -OCH3 is 1. The molecule has 7 heteroatoms. The number of carbonyl (C=O) groups is 1. The number of rotatable bonds is 2. The first kappa shape index (κ1) is 19.9. The highest BCUT2D eigenvalue weighted by atomic mass is 35.5. The molecule has 3 heterocycles. The van der Waals surface area contributed by atoms with Gasteiger partial charge in [-0.05, 0) is 46.1 Å². The Morgan fingerprint density at radius 3 is 2.81 bits per heavy atom. The Kier molecular flexibility index (Phi) is 5.60. The van der Waals surface area contributed by atoms with Gasteiger partial charge in [0.1, 0.15) is 11.2 Å². The largest absolute Gasteiger partial charge is 0.444 e. The van der Waals surface area contributed by atoms with Gasteiger partial charge in [0.15, 0.2) is 0 Å². The molecule has 0 N–H and O–H groups in total. The fraction of sp³-hybridized carbons (Fsp3) is 0.737. The van der Waals surface area contributed by atoms with E-state index >= 15 is 0 Å². The van der Waals surface area contributed by atoms with Crippen LogP contribution in [0.1, 0.15) is 56.5 Å². The lowest BCUT2D eigenvalue weighted by atomic mass is 9.81. The van der Waals surface area contributed by atoms with Crippen molar-refractivity contribution >= 4 is 29.0 Å². The van der Waals surface area contributed by atoms with Crippen molar-refractivity contribution in [2.24, 2.45) is 0 Å². The Morgan fingerprint density at radius 2 is 2.19 bits per heavy atom. The minimum absolute atomic E-state index is 0.0382. The van der Waals surface area contributed by atoms with Crippen molar-refractivity contribution in [3.63, 3.8) is 0 Å². The van der Waals surface area contributed by atoms with Gasteiger partial charge >= 0.3 is 6.09 Å². The van der Waals surface area contributed by atoms with Crippen LogP contribution in [0.3, 0.4) is 0 Å².